The van der Waals surface area contributed by atoms with Crippen molar-refractivity contribution in [3.63, 3.8) is 0 Å². The van der Waals surface area contributed by atoms with E-state index in [0.29, 0.717) is 6.61 Å². The van der Waals surface area contributed by atoms with Crippen molar-refractivity contribution in [3.8, 4) is 22.6 Å². The number of carbonyl (C=O) groups is 1. The average Bonchev–Trinajstić information content (AvgIpc) is 3.28. The second kappa shape index (κ2) is 7.05. The minimum Gasteiger partial charge on any atom is -0.507 e. The lowest BCUT2D eigenvalue weighted by atomic mass is 9.43. The molecular weight excluding hydrogens is 456 g/mol. The van der Waals surface area contributed by atoms with Crippen molar-refractivity contribution < 1.29 is 24.1 Å². The molecule has 4 fully saturated rings. The van der Waals surface area contributed by atoms with E-state index < -0.39 is 16.6 Å². The molecule has 0 aromatic heterocycles. The number of rotatable bonds is 3. The third kappa shape index (κ3) is 2.14. The van der Waals surface area contributed by atoms with Crippen LogP contribution >= 0.6 is 0 Å². The maximum atomic E-state index is 13.9. The van der Waals surface area contributed by atoms with Gasteiger partial charge in [-0.05, 0) is 55.2 Å². The maximum Gasteiger partial charge on any atom is 0.315 e. The summed E-state index contributed by atoms with van der Waals surface area (Å²) in [4.78, 5) is 18.8. The number of methoxy groups -OCH3 is 2. The summed E-state index contributed by atoms with van der Waals surface area (Å²) in [7, 11) is 5.23. The molecule has 0 spiro atoms. The van der Waals surface area contributed by atoms with E-state index in [4.69, 9.17) is 14.2 Å². The van der Waals surface area contributed by atoms with Crippen molar-refractivity contribution in [1.82, 2.24) is 4.90 Å². The number of ether oxygens (including phenoxy) is 3. The molecule has 5 bridgehead atoms. The number of hydrogen-bond donors (Lipinski definition) is 1. The number of aromatic hydroxyl groups is 1. The normalized spacial score (nSPS) is 36.7. The van der Waals surface area contributed by atoms with E-state index in [1.807, 2.05) is 30.3 Å². The van der Waals surface area contributed by atoms with Crippen molar-refractivity contribution in [1.29, 1.82) is 0 Å². The molecule has 0 amide bonds. The fraction of sp³-hybridized carbons (Fsp3) is 0.483. The third-order valence-electron chi connectivity index (χ3n) is 10.2. The van der Waals surface area contributed by atoms with E-state index in [2.05, 4.69) is 35.9 Å². The summed E-state index contributed by atoms with van der Waals surface area (Å²) in [5.74, 6) is 0.837. The first-order chi connectivity index (χ1) is 17.4. The summed E-state index contributed by atoms with van der Waals surface area (Å²) < 4.78 is 17.8. The predicted octanol–water partition coefficient (Wildman–Crippen LogP) is 3.70. The Morgan fingerprint density at radius 2 is 2.00 bits per heavy atom. The molecule has 4 heterocycles. The van der Waals surface area contributed by atoms with Crippen LogP contribution in [0.4, 0.5) is 5.69 Å². The first-order valence-corrected chi connectivity index (χ1v) is 12.8. The molecule has 36 heavy (non-hydrogen) atoms. The van der Waals surface area contributed by atoms with Crippen LogP contribution in [0.25, 0.3) is 11.1 Å². The van der Waals surface area contributed by atoms with Gasteiger partial charge in [0.05, 0.1) is 32.3 Å². The molecule has 4 aliphatic heterocycles. The van der Waals surface area contributed by atoms with Gasteiger partial charge < -0.3 is 24.2 Å². The van der Waals surface area contributed by atoms with Crippen molar-refractivity contribution in [2.45, 2.75) is 36.9 Å². The molecule has 188 valence electrons. The number of piperidine rings is 2. The van der Waals surface area contributed by atoms with Crippen LogP contribution in [0, 0.1) is 11.3 Å². The van der Waals surface area contributed by atoms with Gasteiger partial charge in [0.1, 0.15) is 16.9 Å². The van der Waals surface area contributed by atoms with Crippen LogP contribution in [-0.4, -0.2) is 68.7 Å². The van der Waals surface area contributed by atoms with Crippen LogP contribution in [0.3, 0.4) is 0 Å². The monoisotopic (exact) mass is 488 g/mol. The van der Waals surface area contributed by atoms with Gasteiger partial charge in [-0.1, -0.05) is 23.8 Å². The Kier molecular flexibility index (Phi) is 4.34. The van der Waals surface area contributed by atoms with Gasteiger partial charge in [0.2, 0.25) is 0 Å². The minimum absolute atomic E-state index is 0.0508. The van der Waals surface area contributed by atoms with Gasteiger partial charge in [-0.25, -0.2) is 0 Å². The Morgan fingerprint density at radius 3 is 2.69 bits per heavy atom. The fourth-order valence-corrected chi connectivity index (χ4v) is 8.82. The van der Waals surface area contributed by atoms with Crippen molar-refractivity contribution in [3.05, 3.63) is 53.6 Å². The fourth-order valence-electron chi connectivity index (χ4n) is 8.82. The number of likely N-dealkylation sites (N-methyl/N-ethyl adjacent to an activating group) is 1. The molecule has 1 saturated carbocycles. The molecule has 7 nitrogen and oxygen atoms in total. The number of hydrogen-bond acceptors (Lipinski definition) is 7. The van der Waals surface area contributed by atoms with Crippen molar-refractivity contribution >= 4 is 11.7 Å². The highest BCUT2D eigenvalue weighted by Gasteiger charge is 2.86. The lowest BCUT2D eigenvalue weighted by molar-refractivity contribution is -0.184. The summed E-state index contributed by atoms with van der Waals surface area (Å²) in [5.41, 5.74) is 2.87. The molecule has 7 rings (SSSR count). The van der Waals surface area contributed by atoms with E-state index >= 15 is 0 Å². The van der Waals surface area contributed by atoms with Gasteiger partial charge in [-0.15, -0.1) is 0 Å². The number of fused-ring (bicyclic) bond motifs is 3. The Morgan fingerprint density at radius 1 is 1.22 bits per heavy atom. The second-order valence-electron chi connectivity index (χ2n) is 10.9. The Bertz CT molecular complexity index is 1320. The summed E-state index contributed by atoms with van der Waals surface area (Å²) in [5, 5.41) is 11.4. The summed E-state index contributed by atoms with van der Waals surface area (Å²) in [6.45, 7) is 4.15. The highest BCUT2D eigenvalue weighted by Crippen LogP contribution is 2.76. The number of phenolic OH excluding ortho intramolecular Hbond substituents is 1. The van der Waals surface area contributed by atoms with E-state index in [0.717, 1.165) is 54.1 Å². The highest BCUT2D eigenvalue weighted by atomic mass is 16.6. The molecule has 2 aromatic carbocycles. The number of nitrogens with zero attached hydrogens (tertiary/aromatic N) is 2. The highest BCUT2D eigenvalue weighted by molar-refractivity contribution is 5.89. The van der Waals surface area contributed by atoms with E-state index in [1.165, 1.54) is 12.7 Å². The van der Waals surface area contributed by atoms with Gasteiger partial charge in [0.25, 0.3) is 0 Å². The van der Waals surface area contributed by atoms with E-state index in [1.54, 1.807) is 7.11 Å². The van der Waals surface area contributed by atoms with Gasteiger partial charge in [0.15, 0.2) is 5.72 Å². The van der Waals surface area contributed by atoms with Crippen LogP contribution in [0.2, 0.25) is 0 Å². The largest absolute Gasteiger partial charge is 0.507 e. The van der Waals surface area contributed by atoms with Gasteiger partial charge in [-0.2, -0.15) is 0 Å². The van der Waals surface area contributed by atoms with E-state index in [-0.39, 0.29) is 23.7 Å². The standard InChI is InChI=1S/C29H32N2O5/c1-5-17-15-31-11-10-28-22-13-24(32)20(18-6-8-19(34-3)9-7-18)12-23(22)30(2)29(28)25(31)14-21(17)27(28,16-36-29)26(33)35-4/h5-9,12-13,21,25,32H,10-11,14-16H2,1-4H3/b17-5-/t21-,25-,27-,28-,29+/m0/s1. The van der Waals surface area contributed by atoms with Gasteiger partial charge in [-0.3, -0.25) is 9.69 Å². The third-order valence-corrected chi connectivity index (χ3v) is 10.2. The molecule has 1 aliphatic carbocycles. The lowest BCUT2D eigenvalue weighted by Crippen LogP contribution is -2.80. The Labute approximate surface area is 211 Å². The molecule has 1 N–H and O–H groups in total. The number of benzene rings is 2. The van der Waals surface area contributed by atoms with Crippen molar-refractivity contribution in [2.75, 3.05) is 45.9 Å². The van der Waals surface area contributed by atoms with Crippen molar-refractivity contribution in [2.24, 2.45) is 11.3 Å². The molecule has 5 aliphatic rings. The van der Waals surface area contributed by atoms with Crippen LogP contribution in [0.15, 0.2) is 48.0 Å². The number of allylic oxidation sites excluding steroid dienone is 1. The molecule has 0 unspecified atom stereocenters. The SMILES string of the molecule is C/C=C1/CN2CC[C@@]34c5cc(O)c(-c6ccc(OC)cc6)cc5N(C)[C@]35OC[C@@]4(C(=O)OC)[C@H]1C[C@H]25. The zero-order valence-electron chi connectivity index (χ0n) is 21.2. The zero-order chi connectivity index (χ0) is 25.0. The molecule has 7 heteroatoms. The van der Waals surface area contributed by atoms with Crippen LogP contribution in [0.1, 0.15) is 25.3 Å². The Balaban J connectivity index is 1.50. The number of phenols is 1. The summed E-state index contributed by atoms with van der Waals surface area (Å²) in [6.07, 6.45) is 3.84. The Hall–Kier alpha value is -3.03. The summed E-state index contributed by atoms with van der Waals surface area (Å²) >= 11 is 0. The molecule has 5 atom stereocenters. The van der Waals surface area contributed by atoms with Gasteiger partial charge in [0, 0.05) is 37.3 Å². The zero-order valence-corrected chi connectivity index (χ0v) is 21.2. The first kappa shape index (κ1) is 22.2. The topological polar surface area (TPSA) is 71.5 Å². The molecular formula is C29H32N2O5. The lowest BCUT2D eigenvalue weighted by Gasteiger charge is -2.66. The minimum atomic E-state index is -0.833. The number of esters is 1. The van der Waals surface area contributed by atoms with Crippen LogP contribution < -0.4 is 9.64 Å². The molecule has 0 radical (unpaired) electrons. The van der Waals surface area contributed by atoms with E-state index in [9.17, 15) is 9.90 Å². The predicted molar refractivity (Wildman–Crippen MR) is 135 cm³/mol. The summed E-state index contributed by atoms with van der Waals surface area (Å²) in [6, 6.07) is 11.9. The molecule has 2 aromatic rings. The quantitative estimate of drug-likeness (QED) is 0.522. The van der Waals surface area contributed by atoms with Gasteiger partial charge >= 0.3 is 5.97 Å². The second-order valence-corrected chi connectivity index (χ2v) is 10.9. The maximum absolute atomic E-state index is 13.9. The van der Waals surface area contributed by atoms with Crippen LogP contribution in [0.5, 0.6) is 11.5 Å². The smallest absolute Gasteiger partial charge is 0.315 e. The first-order valence-electron chi connectivity index (χ1n) is 12.8. The van der Waals surface area contributed by atoms with Crippen LogP contribution in [-0.2, 0) is 19.7 Å². The number of anilines is 1. The average molecular weight is 489 g/mol. The number of carbonyl (C=O) groups excluding carboxylic acids is 1. The molecule has 3 saturated heterocycles.